The molecule has 0 spiro atoms. The van der Waals surface area contributed by atoms with Crippen molar-refractivity contribution >= 4 is 38.6 Å². The fourth-order valence-electron chi connectivity index (χ4n) is 1.32. The third-order valence-corrected chi connectivity index (χ3v) is 4.67. The zero-order valence-electron chi connectivity index (χ0n) is 9.89. The average molecular weight is 393 g/mol. The van der Waals surface area contributed by atoms with E-state index in [1.54, 1.807) is 0 Å². The molecule has 1 aromatic rings. The third kappa shape index (κ3) is 4.49. The van der Waals surface area contributed by atoms with Gasteiger partial charge in [-0.05, 0) is 47.2 Å². The second-order valence-electron chi connectivity index (χ2n) is 3.65. The predicted octanol–water partition coefficient (Wildman–Crippen LogP) is 1.68. The van der Waals surface area contributed by atoms with Crippen LogP contribution in [0.1, 0.15) is 23.2 Å². The van der Waals surface area contributed by atoms with Crippen LogP contribution in [0.3, 0.4) is 0 Å². The van der Waals surface area contributed by atoms with E-state index in [1.165, 1.54) is 12.1 Å². The molecule has 5 nitrogen and oxygen atoms in total. The van der Waals surface area contributed by atoms with Gasteiger partial charge in [-0.25, -0.2) is 17.9 Å². The van der Waals surface area contributed by atoms with Gasteiger partial charge in [0.2, 0.25) is 10.0 Å². The van der Waals surface area contributed by atoms with Crippen LogP contribution in [-0.4, -0.2) is 26.0 Å². The summed E-state index contributed by atoms with van der Waals surface area (Å²) in [4.78, 5) is 10.9. The van der Waals surface area contributed by atoms with Crippen molar-refractivity contribution in [2.24, 2.45) is 0 Å². The lowest BCUT2D eigenvalue weighted by Gasteiger charge is -2.07. The molecule has 1 aromatic carbocycles. The van der Waals surface area contributed by atoms with E-state index in [-0.39, 0.29) is 17.0 Å². The molecular weight excluding hydrogens is 381 g/mol. The van der Waals surface area contributed by atoms with Crippen molar-refractivity contribution in [1.82, 2.24) is 4.72 Å². The Balaban J connectivity index is 2.93. The second-order valence-corrected chi connectivity index (χ2v) is 6.58. The SMILES string of the molecule is C#CCCCNS(=O)(=O)c1ccc(I)c(C(=O)O)c1. The molecule has 0 aliphatic rings. The molecule has 7 heteroatoms. The fourth-order valence-corrected chi connectivity index (χ4v) is 2.98. The Morgan fingerprint density at radius 1 is 1.47 bits per heavy atom. The molecule has 0 amide bonds. The highest BCUT2D eigenvalue weighted by molar-refractivity contribution is 14.1. The topological polar surface area (TPSA) is 83.5 Å². The summed E-state index contributed by atoms with van der Waals surface area (Å²) >= 11 is 1.84. The Labute approximate surface area is 125 Å². The maximum absolute atomic E-state index is 11.9. The Morgan fingerprint density at radius 2 is 2.16 bits per heavy atom. The predicted molar refractivity (Wildman–Crippen MR) is 79.4 cm³/mol. The molecule has 1 rings (SSSR count). The number of carbonyl (C=O) groups is 1. The van der Waals surface area contributed by atoms with Crippen molar-refractivity contribution in [3.63, 3.8) is 0 Å². The summed E-state index contributed by atoms with van der Waals surface area (Å²) in [5.41, 5.74) is -0.0351. The number of rotatable bonds is 6. The first-order valence-corrected chi connectivity index (χ1v) is 7.90. The maximum Gasteiger partial charge on any atom is 0.336 e. The molecule has 0 bridgehead atoms. The number of sulfonamides is 1. The van der Waals surface area contributed by atoms with E-state index in [9.17, 15) is 13.2 Å². The van der Waals surface area contributed by atoms with Crippen LogP contribution in [0.5, 0.6) is 0 Å². The lowest BCUT2D eigenvalue weighted by atomic mass is 10.2. The summed E-state index contributed by atoms with van der Waals surface area (Å²) in [6, 6.07) is 3.98. The first-order chi connectivity index (χ1) is 8.88. The van der Waals surface area contributed by atoms with Crippen LogP contribution in [0, 0.1) is 15.9 Å². The standard InChI is InChI=1S/C12H12INO4S/c1-2-3-4-7-14-19(17,18)9-5-6-11(13)10(8-9)12(15)16/h1,5-6,8,14H,3-4,7H2,(H,15,16). The van der Waals surface area contributed by atoms with Crippen molar-refractivity contribution in [1.29, 1.82) is 0 Å². The lowest BCUT2D eigenvalue weighted by molar-refractivity contribution is 0.0695. The van der Waals surface area contributed by atoms with Gasteiger partial charge in [0.15, 0.2) is 0 Å². The van der Waals surface area contributed by atoms with Crippen LogP contribution in [-0.2, 0) is 10.0 Å². The largest absolute Gasteiger partial charge is 0.478 e. The van der Waals surface area contributed by atoms with E-state index >= 15 is 0 Å². The first-order valence-electron chi connectivity index (χ1n) is 5.34. The van der Waals surface area contributed by atoms with Gasteiger partial charge in [0.1, 0.15) is 0 Å². The molecule has 0 aliphatic heterocycles. The Bertz CT molecular complexity index is 619. The molecule has 0 heterocycles. The zero-order valence-corrected chi connectivity index (χ0v) is 12.9. The van der Waals surface area contributed by atoms with E-state index in [4.69, 9.17) is 11.5 Å². The summed E-state index contributed by atoms with van der Waals surface area (Å²) in [6.07, 6.45) is 6.08. The maximum atomic E-state index is 11.9. The van der Waals surface area contributed by atoms with Gasteiger partial charge in [0.05, 0.1) is 10.5 Å². The van der Waals surface area contributed by atoms with Crippen molar-refractivity contribution < 1.29 is 18.3 Å². The number of halogens is 1. The lowest BCUT2D eigenvalue weighted by Crippen LogP contribution is -2.25. The van der Waals surface area contributed by atoms with Gasteiger partial charge in [0, 0.05) is 16.5 Å². The Hall–Kier alpha value is -1.11. The molecule has 0 unspecified atom stereocenters. The van der Waals surface area contributed by atoms with Crippen LogP contribution in [0.25, 0.3) is 0 Å². The van der Waals surface area contributed by atoms with Crippen LogP contribution < -0.4 is 4.72 Å². The van der Waals surface area contributed by atoms with Crippen LogP contribution in [0.4, 0.5) is 0 Å². The smallest absolute Gasteiger partial charge is 0.336 e. The number of nitrogens with one attached hydrogen (secondary N) is 1. The molecule has 19 heavy (non-hydrogen) atoms. The highest BCUT2D eigenvalue weighted by Gasteiger charge is 2.17. The van der Waals surface area contributed by atoms with Gasteiger partial charge in [-0.1, -0.05) is 0 Å². The number of hydrogen-bond donors (Lipinski definition) is 2. The minimum Gasteiger partial charge on any atom is -0.478 e. The van der Waals surface area contributed by atoms with Crippen LogP contribution in [0.15, 0.2) is 23.1 Å². The number of benzene rings is 1. The minimum absolute atomic E-state index is 0.0351. The average Bonchev–Trinajstić information content (AvgIpc) is 2.34. The molecule has 2 N–H and O–H groups in total. The van der Waals surface area contributed by atoms with Gasteiger partial charge >= 0.3 is 5.97 Å². The van der Waals surface area contributed by atoms with Gasteiger partial charge in [0.25, 0.3) is 0 Å². The molecule has 0 aliphatic carbocycles. The zero-order chi connectivity index (χ0) is 14.5. The number of carboxylic acids is 1. The Morgan fingerprint density at radius 3 is 2.74 bits per heavy atom. The van der Waals surface area contributed by atoms with E-state index in [2.05, 4.69) is 10.6 Å². The van der Waals surface area contributed by atoms with Crippen LogP contribution >= 0.6 is 22.6 Å². The highest BCUT2D eigenvalue weighted by atomic mass is 127. The van der Waals surface area contributed by atoms with E-state index in [1.807, 2.05) is 22.6 Å². The third-order valence-electron chi connectivity index (χ3n) is 2.27. The second kappa shape index (κ2) is 6.88. The number of terminal acetylenes is 1. The number of aromatic carboxylic acids is 1. The summed E-state index contributed by atoms with van der Waals surface area (Å²) < 4.78 is 26.7. The normalized spacial score (nSPS) is 10.9. The number of unbranched alkanes of at least 4 members (excludes halogenated alkanes) is 1. The number of carboxylic acid groups (broad SMARTS) is 1. The van der Waals surface area contributed by atoms with Crippen LogP contribution in [0.2, 0.25) is 0 Å². The molecule has 0 saturated heterocycles. The quantitative estimate of drug-likeness (QED) is 0.438. The Kier molecular flexibility index (Phi) is 5.78. The summed E-state index contributed by atoms with van der Waals surface area (Å²) in [5, 5.41) is 8.96. The molecule has 102 valence electrons. The molecule has 0 atom stereocenters. The molecule has 0 saturated carbocycles. The van der Waals surface area contributed by atoms with Crippen molar-refractivity contribution in [2.45, 2.75) is 17.7 Å². The van der Waals surface area contributed by atoms with Gasteiger partial charge in [-0.3, -0.25) is 0 Å². The van der Waals surface area contributed by atoms with E-state index in [0.29, 0.717) is 16.4 Å². The van der Waals surface area contributed by atoms with Gasteiger partial charge in [-0.2, -0.15) is 0 Å². The number of hydrogen-bond acceptors (Lipinski definition) is 3. The molecule has 0 radical (unpaired) electrons. The van der Waals surface area contributed by atoms with Crippen molar-refractivity contribution in [3.8, 4) is 12.3 Å². The van der Waals surface area contributed by atoms with Gasteiger partial charge < -0.3 is 5.11 Å². The summed E-state index contributed by atoms with van der Waals surface area (Å²) in [5.74, 6) is 1.25. The molecular formula is C12H12INO4S. The molecule has 0 aromatic heterocycles. The van der Waals surface area contributed by atoms with Gasteiger partial charge in [-0.15, -0.1) is 12.3 Å². The van der Waals surface area contributed by atoms with E-state index in [0.717, 1.165) is 6.07 Å². The highest BCUT2D eigenvalue weighted by Crippen LogP contribution is 2.18. The first kappa shape index (κ1) is 15.9. The summed E-state index contributed by atoms with van der Waals surface area (Å²) in [7, 11) is -3.70. The fraction of sp³-hybridized carbons (Fsp3) is 0.250. The molecule has 0 fully saturated rings. The van der Waals surface area contributed by atoms with Crippen molar-refractivity contribution in [2.75, 3.05) is 6.54 Å². The monoisotopic (exact) mass is 393 g/mol. The summed E-state index contributed by atoms with van der Waals surface area (Å²) in [6.45, 7) is 0.223. The minimum atomic E-state index is -3.70. The van der Waals surface area contributed by atoms with E-state index < -0.39 is 16.0 Å². The van der Waals surface area contributed by atoms with Crippen molar-refractivity contribution in [3.05, 3.63) is 27.3 Å².